The number of hydrogen-bond donors (Lipinski definition) is 2. The summed E-state index contributed by atoms with van der Waals surface area (Å²) in [6.07, 6.45) is 2.73. The first-order chi connectivity index (χ1) is 8.15. The third kappa shape index (κ3) is 2.77. The molecule has 0 unspecified atom stereocenters. The first-order valence-electron chi connectivity index (χ1n) is 4.82. The van der Waals surface area contributed by atoms with Crippen LogP contribution in [-0.4, -0.2) is 20.7 Å². The zero-order valence-corrected chi connectivity index (χ0v) is 8.80. The van der Waals surface area contributed by atoms with E-state index in [0.717, 1.165) is 6.07 Å². The van der Waals surface area contributed by atoms with Crippen molar-refractivity contribution in [1.29, 1.82) is 0 Å². The van der Waals surface area contributed by atoms with Crippen molar-refractivity contribution in [3.63, 3.8) is 0 Å². The van der Waals surface area contributed by atoms with E-state index in [0.29, 0.717) is 5.69 Å². The van der Waals surface area contributed by atoms with Crippen molar-refractivity contribution in [2.45, 2.75) is 6.54 Å². The molecule has 17 heavy (non-hydrogen) atoms. The van der Waals surface area contributed by atoms with Gasteiger partial charge in [-0.1, -0.05) is 0 Å². The fourth-order valence-corrected chi connectivity index (χ4v) is 1.29. The molecule has 0 saturated heterocycles. The molecule has 0 bridgehead atoms. The summed E-state index contributed by atoms with van der Waals surface area (Å²) in [5, 5.41) is 6.27. The number of halogens is 1. The number of rotatable bonds is 3. The van der Waals surface area contributed by atoms with E-state index >= 15 is 0 Å². The van der Waals surface area contributed by atoms with Crippen LogP contribution in [0.15, 0.2) is 30.9 Å². The molecule has 3 N–H and O–H groups in total. The number of amides is 1. The summed E-state index contributed by atoms with van der Waals surface area (Å²) in [5.41, 5.74) is 6.14. The fourth-order valence-electron chi connectivity index (χ4n) is 1.29. The predicted molar refractivity (Wildman–Crippen MR) is 59.5 cm³/mol. The highest BCUT2D eigenvalue weighted by atomic mass is 19.1. The maximum Gasteiger partial charge on any atom is 0.246 e. The normalized spacial score (nSPS) is 10.2. The first kappa shape index (κ1) is 11.1. The molecule has 1 aromatic heterocycles. The van der Waals surface area contributed by atoms with Crippen LogP contribution in [0.1, 0.15) is 0 Å². The Kier molecular flexibility index (Phi) is 2.99. The van der Waals surface area contributed by atoms with Crippen LogP contribution in [0.3, 0.4) is 0 Å². The lowest BCUT2D eigenvalue weighted by Gasteiger charge is -2.07. The zero-order chi connectivity index (χ0) is 12.3. The second-order valence-electron chi connectivity index (χ2n) is 3.37. The lowest BCUT2D eigenvalue weighted by molar-refractivity contribution is -0.116. The van der Waals surface area contributed by atoms with Gasteiger partial charge in [-0.25, -0.2) is 14.1 Å². The van der Waals surface area contributed by atoms with E-state index in [2.05, 4.69) is 15.4 Å². The monoisotopic (exact) mass is 235 g/mol. The third-order valence-corrected chi connectivity index (χ3v) is 2.06. The molecule has 1 amide bonds. The minimum Gasteiger partial charge on any atom is -0.397 e. The van der Waals surface area contributed by atoms with Gasteiger partial charge in [0, 0.05) is 0 Å². The van der Waals surface area contributed by atoms with E-state index in [4.69, 9.17) is 5.73 Å². The molecule has 0 spiro atoms. The average molecular weight is 235 g/mol. The number of anilines is 2. The summed E-state index contributed by atoms with van der Waals surface area (Å²) >= 11 is 0. The topological polar surface area (TPSA) is 85.8 Å². The van der Waals surface area contributed by atoms with Gasteiger partial charge in [0.15, 0.2) is 0 Å². The van der Waals surface area contributed by atoms with Crippen molar-refractivity contribution in [3.05, 3.63) is 36.7 Å². The van der Waals surface area contributed by atoms with Crippen LogP contribution in [-0.2, 0) is 11.3 Å². The number of nitrogen functional groups attached to an aromatic ring is 1. The van der Waals surface area contributed by atoms with E-state index in [1.807, 2.05) is 0 Å². The molecule has 88 valence electrons. The molecule has 2 rings (SSSR count). The molecule has 0 atom stereocenters. The van der Waals surface area contributed by atoms with Crippen LogP contribution in [0.4, 0.5) is 15.8 Å². The summed E-state index contributed by atoms with van der Waals surface area (Å²) < 4.78 is 14.3. The highest BCUT2D eigenvalue weighted by Crippen LogP contribution is 2.18. The fraction of sp³-hybridized carbons (Fsp3) is 0.100. The summed E-state index contributed by atoms with van der Waals surface area (Å²) in [7, 11) is 0. The van der Waals surface area contributed by atoms with E-state index in [1.165, 1.54) is 29.5 Å². The van der Waals surface area contributed by atoms with Gasteiger partial charge >= 0.3 is 0 Å². The Bertz CT molecular complexity index is 525. The van der Waals surface area contributed by atoms with Crippen LogP contribution in [0.25, 0.3) is 0 Å². The first-order valence-corrected chi connectivity index (χ1v) is 4.82. The molecule has 0 fully saturated rings. The Balaban J connectivity index is 2.05. The van der Waals surface area contributed by atoms with Crippen molar-refractivity contribution >= 4 is 17.3 Å². The van der Waals surface area contributed by atoms with E-state index in [-0.39, 0.29) is 18.1 Å². The Labute approximate surface area is 96.3 Å². The van der Waals surface area contributed by atoms with Gasteiger partial charge in [0.2, 0.25) is 5.91 Å². The molecule has 0 radical (unpaired) electrons. The number of aromatic nitrogens is 3. The molecule has 0 aliphatic carbocycles. The molecule has 0 saturated carbocycles. The second kappa shape index (κ2) is 4.60. The Hall–Kier alpha value is -2.44. The van der Waals surface area contributed by atoms with Gasteiger partial charge in [-0.3, -0.25) is 4.79 Å². The number of benzene rings is 1. The van der Waals surface area contributed by atoms with Crippen molar-refractivity contribution in [2.75, 3.05) is 11.1 Å². The maximum absolute atomic E-state index is 12.9. The highest BCUT2D eigenvalue weighted by Gasteiger charge is 2.07. The quantitative estimate of drug-likeness (QED) is 0.764. The van der Waals surface area contributed by atoms with Crippen molar-refractivity contribution in [3.8, 4) is 0 Å². The van der Waals surface area contributed by atoms with E-state index in [9.17, 15) is 9.18 Å². The molecule has 0 aliphatic heterocycles. The number of hydrogen-bond acceptors (Lipinski definition) is 4. The van der Waals surface area contributed by atoms with Crippen molar-refractivity contribution < 1.29 is 9.18 Å². The lowest BCUT2D eigenvalue weighted by Crippen LogP contribution is -2.19. The molecule has 0 aliphatic rings. The van der Waals surface area contributed by atoms with Gasteiger partial charge in [-0.2, -0.15) is 5.10 Å². The maximum atomic E-state index is 12.9. The SMILES string of the molecule is Nc1ccc(F)cc1NC(=O)Cn1cncn1. The number of carbonyl (C=O) groups excluding carboxylic acids is 1. The van der Waals surface area contributed by atoms with Crippen LogP contribution < -0.4 is 11.1 Å². The molecule has 2 aromatic rings. The van der Waals surface area contributed by atoms with Gasteiger partial charge in [-0.05, 0) is 18.2 Å². The van der Waals surface area contributed by atoms with Gasteiger partial charge in [0.05, 0.1) is 11.4 Å². The number of nitrogens with two attached hydrogens (primary N) is 1. The Morgan fingerprint density at radius 3 is 3.06 bits per heavy atom. The zero-order valence-electron chi connectivity index (χ0n) is 8.80. The summed E-state index contributed by atoms with van der Waals surface area (Å²) in [6.45, 7) is -0.00401. The smallest absolute Gasteiger partial charge is 0.246 e. The van der Waals surface area contributed by atoms with Gasteiger partial charge in [0.1, 0.15) is 25.0 Å². The standard InChI is InChI=1S/C10H10FN5O/c11-7-1-2-8(12)9(3-7)15-10(17)4-16-6-13-5-14-16/h1-3,5-6H,4,12H2,(H,15,17). The molecular formula is C10H10FN5O. The average Bonchev–Trinajstić information content (AvgIpc) is 2.76. The molecular weight excluding hydrogens is 225 g/mol. The minimum absolute atomic E-state index is 0.00401. The van der Waals surface area contributed by atoms with Crippen molar-refractivity contribution in [1.82, 2.24) is 14.8 Å². The largest absolute Gasteiger partial charge is 0.397 e. The Morgan fingerprint density at radius 2 is 2.35 bits per heavy atom. The van der Waals surface area contributed by atoms with Gasteiger partial charge in [0.25, 0.3) is 0 Å². The minimum atomic E-state index is -0.463. The second-order valence-corrected chi connectivity index (χ2v) is 3.37. The van der Waals surface area contributed by atoms with Crippen LogP contribution in [0.2, 0.25) is 0 Å². The number of nitrogens with one attached hydrogen (secondary N) is 1. The number of carbonyl (C=O) groups is 1. The lowest BCUT2D eigenvalue weighted by atomic mass is 10.2. The molecule has 7 heteroatoms. The van der Waals surface area contributed by atoms with Gasteiger partial charge < -0.3 is 11.1 Å². The summed E-state index contributed by atoms with van der Waals surface area (Å²) in [4.78, 5) is 15.3. The molecule has 1 aromatic carbocycles. The summed E-state index contributed by atoms with van der Waals surface area (Å²) in [5.74, 6) is -0.817. The Morgan fingerprint density at radius 1 is 1.53 bits per heavy atom. The highest BCUT2D eigenvalue weighted by molar-refractivity contribution is 5.93. The third-order valence-electron chi connectivity index (χ3n) is 2.06. The predicted octanol–water partition coefficient (Wildman–Crippen LogP) is 0.638. The van der Waals surface area contributed by atoms with Crippen LogP contribution in [0, 0.1) is 5.82 Å². The van der Waals surface area contributed by atoms with Gasteiger partial charge in [-0.15, -0.1) is 0 Å². The van der Waals surface area contributed by atoms with Crippen LogP contribution >= 0.6 is 0 Å². The summed E-state index contributed by atoms with van der Waals surface area (Å²) in [6, 6.07) is 3.78. The molecule has 1 heterocycles. The van der Waals surface area contributed by atoms with Crippen LogP contribution in [0.5, 0.6) is 0 Å². The molecule has 6 nitrogen and oxygen atoms in total. The van der Waals surface area contributed by atoms with Crippen molar-refractivity contribution in [2.24, 2.45) is 0 Å². The van der Waals surface area contributed by atoms with E-state index in [1.54, 1.807) is 0 Å². The van der Waals surface area contributed by atoms with E-state index < -0.39 is 5.82 Å². The number of nitrogens with zero attached hydrogens (tertiary/aromatic N) is 3.